The van der Waals surface area contributed by atoms with E-state index in [1.165, 1.54) is 6.08 Å². The minimum Gasteiger partial charge on any atom is -0.497 e. The third kappa shape index (κ3) is 4.70. The molecule has 1 N–H and O–H groups in total. The van der Waals surface area contributed by atoms with Crippen LogP contribution in [0.3, 0.4) is 0 Å². The fraction of sp³-hybridized carbons (Fsp3) is 0.250. The summed E-state index contributed by atoms with van der Waals surface area (Å²) < 4.78 is 16.1. The van der Waals surface area contributed by atoms with Crippen LogP contribution in [0.25, 0.3) is 6.08 Å². The maximum absolute atomic E-state index is 12.0. The van der Waals surface area contributed by atoms with E-state index < -0.39 is 0 Å². The maximum atomic E-state index is 12.0. The average molecular weight is 374 g/mol. The number of benzene rings is 2. The van der Waals surface area contributed by atoms with Crippen LogP contribution in [0.2, 0.25) is 5.02 Å². The summed E-state index contributed by atoms with van der Waals surface area (Å²) in [7, 11) is 1.64. The van der Waals surface area contributed by atoms with Crippen molar-refractivity contribution in [2.75, 3.05) is 26.9 Å². The Hall–Kier alpha value is -2.66. The van der Waals surface area contributed by atoms with Gasteiger partial charge in [0.05, 0.1) is 12.1 Å². The van der Waals surface area contributed by atoms with Crippen molar-refractivity contribution in [3.8, 4) is 17.2 Å². The van der Waals surface area contributed by atoms with E-state index in [1.807, 2.05) is 30.3 Å². The van der Waals surface area contributed by atoms with Crippen LogP contribution in [0.1, 0.15) is 11.1 Å². The summed E-state index contributed by atoms with van der Waals surface area (Å²) in [4.78, 5) is 12.0. The number of halogens is 1. The van der Waals surface area contributed by atoms with Crippen molar-refractivity contribution in [2.24, 2.45) is 0 Å². The summed E-state index contributed by atoms with van der Waals surface area (Å²) in [6.07, 6.45) is 3.93. The molecule has 0 spiro atoms. The number of amides is 1. The molecule has 0 atom stereocenters. The predicted molar refractivity (Wildman–Crippen MR) is 101 cm³/mol. The molecule has 0 aromatic heterocycles. The molecule has 0 unspecified atom stereocenters. The van der Waals surface area contributed by atoms with Crippen molar-refractivity contribution in [3.05, 3.63) is 58.6 Å². The highest BCUT2D eigenvalue weighted by atomic mass is 35.5. The van der Waals surface area contributed by atoms with Crippen molar-refractivity contribution in [2.45, 2.75) is 6.42 Å². The molecule has 5 nitrogen and oxygen atoms in total. The van der Waals surface area contributed by atoms with Gasteiger partial charge in [-0.05, 0) is 47.9 Å². The number of rotatable bonds is 6. The van der Waals surface area contributed by atoms with Crippen LogP contribution >= 0.6 is 11.6 Å². The Labute approximate surface area is 157 Å². The molecular formula is C20H20ClNO4. The molecule has 0 aliphatic carbocycles. The zero-order chi connectivity index (χ0) is 18.4. The number of hydrogen-bond donors (Lipinski definition) is 1. The van der Waals surface area contributed by atoms with Crippen molar-refractivity contribution in [3.63, 3.8) is 0 Å². The SMILES string of the molecule is COc1ccc(CCNC(=O)/C=C/c2cc(Cl)c3c(c2)OCCO3)cc1. The largest absolute Gasteiger partial charge is 0.497 e. The highest BCUT2D eigenvalue weighted by Crippen LogP contribution is 2.38. The summed E-state index contributed by atoms with van der Waals surface area (Å²) in [5.41, 5.74) is 1.92. The van der Waals surface area contributed by atoms with E-state index in [9.17, 15) is 4.79 Å². The lowest BCUT2D eigenvalue weighted by Crippen LogP contribution is -2.23. The Morgan fingerprint density at radius 2 is 2.00 bits per heavy atom. The monoisotopic (exact) mass is 373 g/mol. The summed E-state index contributed by atoms with van der Waals surface area (Å²) in [6, 6.07) is 11.3. The van der Waals surface area contributed by atoms with Gasteiger partial charge in [0, 0.05) is 12.6 Å². The minimum atomic E-state index is -0.162. The van der Waals surface area contributed by atoms with Gasteiger partial charge in [0.1, 0.15) is 19.0 Å². The van der Waals surface area contributed by atoms with E-state index in [0.717, 1.165) is 23.3 Å². The van der Waals surface area contributed by atoms with Crippen molar-refractivity contribution < 1.29 is 19.0 Å². The molecule has 136 valence electrons. The second kappa shape index (κ2) is 8.63. The predicted octanol–water partition coefficient (Wildman–Crippen LogP) is 3.49. The van der Waals surface area contributed by atoms with Gasteiger partial charge in [0.25, 0.3) is 0 Å². The molecule has 3 rings (SSSR count). The summed E-state index contributed by atoms with van der Waals surface area (Å²) in [5, 5.41) is 3.33. The minimum absolute atomic E-state index is 0.162. The first kappa shape index (κ1) is 18.1. The van der Waals surface area contributed by atoms with Crippen LogP contribution < -0.4 is 19.5 Å². The average Bonchev–Trinajstić information content (AvgIpc) is 2.67. The van der Waals surface area contributed by atoms with E-state index in [4.69, 9.17) is 25.8 Å². The van der Waals surface area contributed by atoms with Crippen LogP contribution in [-0.2, 0) is 11.2 Å². The van der Waals surface area contributed by atoms with Crippen LogP contribution in [0.5, 0.6) is 17.2 Å². The maximum Gasteiger partial charge on any atom is 0.244 e. The fourth-order valence-electron chi connectivity index (χ4n) is 2.58. The van der Waals surface area contributed by atoms with Gasteiger partial charge in [-0.25, -0.2) is 0 Å². The smallest absolute Gasteiger partial charge is 0.244 e. The van der Waals surface area contributed by atoms with Crippen LogP contribution in [-0.4, -0.2) is 32.8 Å². The zero-order valence-corrected chi connectivity index (χ0v) is 15.2. The lowest BCUT2D eigenvalue weighted by atomic mass is 10.1. The van der Waals surface area contributed by atoms with Crippen molar-refractivity contribution in [1.29, 1.82) is 0 Å². The third-order valence-electron chi connectivity index (χ3n) is 3.92. The van der Waals surface area contributed by atoms with E-state index in [0.29, 0.717) is 36.3 Å². The van der Waals surface area contributed by atoms with Gasteiger partial charge in [-0.2, -0.15) is 0 Å². The van der Waals surface area contributed by atoms with Crippen molar-refractivity contribution >= 4 is 23.6 Å². The second-order valence-corrected chi connectivity index (χ2v) is 6.16. The molecule has 2 aromatic carbocycles. The van der Waals surface area contributed by atoms with E-state index in [1.54, 1.807) is 19.3 Å². The number of fused-ring (bicyclic) bond motifs is 1. The van der Waals surface area contributed by atoms with Gasteiger partial charge in [-0.1, -0.05) is 23.7 Å². The highest BCUT2D eigenvalue weighted by molar-refractivity contribution is 6.32. The molecule has 1 aliphatic heterocycles. The zero-order valence-electron chi connectivity index (χ0n) is 14.5. The number of nitrogens with one attached hydrogen (secondary N) is 1. The van der Waals surface area contributed by atoms with Gasteiger partial charge in [-0.15, -0.1) is 0 Å². The Balaban J connectivity index is 1.52. The first-order valence-electron chi connectivity index (χ1n) is 8.33. The van der Waals surface area contributed by atoms with E-state index in [-0.39, 0.29) is 5.91 Å². The molecule has 2 aromatic rings. The standard InChI is InChI=1S/C20H20ClNO4/c1-24-16-5-2-14(3-6-16)8-9-22-19(23)7-4-15-12-17(21)20-18(13-15)25-10-11-26-20/h2-7,12-13H,8-11H2,1H3,(H,22,23)/b7-4+. The van der Waals surface area contributed by atoms with Gasteiger partial charge < -0.3 is 19.5 Å². The van der Waals surface area contributed by atoms with Crippen molar-refractivity contribution in [1.82, 2.24) is 5.32 Å². The summed E-state index contributed by atoms with van der Waals surface area (Å²) in [6.45, 7) is 1.53. The molecule has 0 radical (unpaired) electrons. The summed E-state index contributed by atoms with van der Waals surface area (Å²) >= 11 is 6.19. The molecule has 0 saturated carbocycles. The number of methoxy groups -OCH3 is 1. The topological polar surface area (TPSA) is 56.8 Å². The number of ether oxygens (including phenoxy) is 3. The molecular weight excluding hydrogens is 354 g/mol. The van der Waals surface area contributed by atoms with Crippen LogP contribution in [0, 0.1) is 0 Å². The Bertz CT molecular complexity index is 802. The van der Waals surface area contributed by atoms with Crippen LogP contribution in [0.4, 0.5) is 0 Å². The molecule has 0 fully saturated rings. The first-order valence-corrected chi connectivity index (χ1v) is 8.71. The first-order chi connectivity index (χ1) is 12.7. The molecule has 26 heavy (non-hydrogen) atoms. The molecule has 0 bridgehead atoms. The van der Waals surface area contributed by atoms with E-state index in [2.05, 4.69) is 5.32 Å². The summed E-state index contributed by atoms with van der Waals surface area (Å²) in [5.74, 6) is 1.81. The fourth-order valence-corrected chi connectivity index (χ4v) is 2.85. The Morgan fingerprint density at radius 1 is 1.23 bits per heavy atom. The number of carbonyl (C=O) groups is 1. The van der Waals surface area contributed by atoms with E-state index >= 15 is 0 Å². The normalized spacial score (nSPS) is 12.8. The Kier molecular flexibility index (Phi) is 6.02. The lowest BCUT2D eigenvalue weighted by molar-refractivity contribution is -0.116. The third-order valence-corrected chi connectivity index (χ3v) is 4.20. The van der Waals surface area contributed by atoms with Gasteiger partial charge in [0.2, 0.25) is 5.91 Å². The quantitative estimate of drug-likeness (QED) is 0.787. The second-order valence-electron chi connectivity index (χ2n) is 5.75. The number of carbonyl (C=O) groups excluding carboxylic acids is 1. The van der Waals surface area contributed by atoms with Gasteiger partial charge in [-0.3, -0.25) is 4.79 Å². The molecule has 1 heterocycles. The van der Waals surface area contributed by atoms with Gasteiger partial charge >= 0.3 is 0 Å². The molecule has 1 amide bonds. The Morgan fingerprint density at radius 3 is 2.77 bits per heavy atom. The molecule has 0 saturated heterocycles. The lowest BCUT2D eigenvalue weighted by Gasteiger charge is -2.19. The number of hydrogen-bond acceptors (Lipinski definition) is 4. The molecule has 6 heteroatoms. The highest BCUT2D eigenvalue weighted by Gasteiger charge is 2.15. The van der Waals surface area contributed by atoms with Gasteiger partial charge in [0.15, 0.2) is 11.5 Å². The van der Waals surface area contributed by atoms with Crippen LogP contribution in [0.15, 0.2) is 42.5 Å². The molecule has 1 aliphatic rings.